The fraction of sp³-hybridized carbons (Fsp3) is 0.529. The molecular weight excluding hydrogens is 306 g/mol. The molecule has 0 aromatic carbocycles. The lowest BCUT2D eigenvalue weighted by Crippen LogP contribution is -2.31. The first-order chi connectivity index (χ1) is 11.7. The van der Waals surface area contributed by atoms with Crippen LogP contribution in [0, 0.1) is 5.92 Å². The summed E-state index contributed by atoms with van der Waals surface area (Å²) in [4.78, 5) is 20.3. The lowest BCUT2D eigenvalue weighted by Gasteiger charge is -2.28. The molecule has 0 unspecified atom stereocenters. The summed E-state index contributed by atoms with van der Waals surface area (Å²) in [5.74, 6) is 1.03. The molecule has 1 saturated carbocycles. The van der Waals surface area contributed by atoms with Gasteiger partial charge in [0.1, 0.15) is 12.7 Å². The van der Waals surface area contributed by atoms with Crippen LogP contribution in [0.25, 0.3) is 5.82 Å². The number of carbonyl (C=O) groups is 1. The van der Waals surface area contributed by atoms with Gasteiger partial charge in [-0.15, -0.1) is 0 Å². The topological polar surface area (TPSA) is 81.9 Å². The van der Waals surface area contributed by atoms with Crippen LogP contribution in [0.3, 0.4) is 0 Å². The minimum Gasteiger partial charge on any atom is -0.376 e. The molecule has 0 radical (unpaired) electrons. The monoisotopic (exact) mass is 329 g/mol. The van der Waals surface area contributed by atoms with Crippen molar-refractivity contribution in [3.05, 3.63) is 36.5 Å². The standard InChI is InChI=1S/C17H23N5O2/c1-13-4-2-3-5-15(13)24-9-8-20-17(23)14-6-7-19-16(10-14)22-12-18-11-21-22/h6-7,10-13,15H,2-5,8-9H2,1H3,(H,20,23)/t13-,15-/m0/s1. The van der Waals surface area contributed by atoms with Gasteiger partial charge < -0.3 is 10.1 Å². The van der Waals surface area contributed by atoms with Crippen LogP contribution >= 0.6 is 0 Å². The Kier molecular flexibility index (Phi) is 5.53. The van der Waals surface area contributed by atoms with Crippen molar-refractivity contribution in [2.24, 2.45) is 5.92 Å². The zero-order valence-electron chi connectivity index (χ0n) is 13.9. The highest BCUT2D eigenvalue weighted by Crippen LogP contribution is 2.25. The van der Waals surface area contributed by atoms with Crippen LogP contribution in [0.15, 0.2) is 31.0 Å². The van der Waals surface area contributed by atoms with E-state index in [2.05, 4.69) is 27.3 Å². The molecule has 0 spiro atoms. The molecule has 2 atom stereocenters. The van der Waals surface area contributed by atoms with E-state index in [0.29, 0.717) is 36.6 Å². The molecule has 1 amide bonds. The molecule has 1 aliphatic carbocycles. The molecule has 0 saturated heterocycles. The van der Waals surface area contributed by atoms with E-state index in [1.54, 1.807) is 24.7 Å². The first-order valence-corrected chi connectivity index (χ1v) is 8.45. The van der Waals surface area contributed by atoms with Crippen molar-refractivity contribution in [2.45, 2.75) is 38.7 Å². The maximum atomic E-state index is 12.2. The van der Waals surface area contributed by atoms with Crippen LogP contribution in [0.5, 0.6) is 0 Å². The Bertz CT molecular complexity index is 659. The quantitative estimate of drug-likeness (QED) is 0.820. The number of rotatable bonds is 6. The van der Waals surface area contributed by atoms with Crippen molar-refractivity contribution >= 4 is 5.91 Å². The maximum Gasteiger partial charge on any atom is 0.251 e. The van der Waals surface area contributed by atoms with Crippen molar-refractivity contribution < 1.29 is 9.53 Å². The molecule has 1 fully saturated rings. The summed E-state index contributed by atoms with van der Waals surface area (Å²) < 4.78 is 7.43. The Hall–Kier alpha value is -2.28. The highest BCUT2D eigenvalue weighted by molar-refractivity contribution is 5.94. The Morgan fingerprint density at radius 2 is 2.29 bits per heavy atom. The van der Waals surface area contributed by atoms with E-state index in [9.17, 15) is 4.79 Å². The number of amides is 1. The first-order valence-electron chi connectivity index (χ1n) is 8.45. The van der Waals surface area contributed by atoms with Gasteiger partial charge in [-0.25, -0.2) is 14.6 Å². The van der Waals surface area contributed by atoms with Gasteiger partial charge in [0, 0.05) is 18.3 Å². The van der Waals surface area contributed by atoms with E-state index in [-0.39, 0.29) is 5.91 Å². The van der Waals surface area contributed by atoms with E-state index < -0.39 is 0 Å². The second kappa shape index (κ2) is 8.01. The number of nitrogens with zero attached hydrogens (tertiary/aromatic N) is 4. The lowest BCUT2D eigenvalue weighted by atomic mass is 9.88. The number of pyridine rings is 1. The van der Waals surface area contributed by atoms with Crippen LogP contribution in [-0.4, -0.2) is 44.9 Å². The van der Waals surface area contributed by atoms with E-state index >= 15 is 0 Å². The molecule has 7 heteroatoms. The zero-order valence-corrected chi connectivity index (χ0v) is 13.9. The molecule has 2 aromatic rings. The van der Waals surface area contributed by atoms with Crippen LogP contribution in [0.2, 0.25) is 0 Å². The largest absolute Gasteiger partial charge is 0.376 e. The van der Waals surface area contributed by atoms with Crippen LogP contribution in [0.4, 0.5) is 0 Å². The predicted molar refractivity (Wildman–Crippen MR) is 88.9 cm³/mol. The molecule has 1 N–H and O–H groups in total. The smallest absolute Gasteiger partial charge is 0.251 e. The van der Waals surface area contributed by atoms with Gasteiger partial charge in [0.25, 0.3) is 5.91 Å². The van der Waals surface area contributed by atoms with Gasteiger partial charge in [0.05, 0.1) is 12.7 Å². The first kappa shape index (κ1) is 16.6. The van der Waals surface area contributed by atoms with E-state index in [0.717, 1.165) is 6.42 Å². The fourth-order valence-corrected chi connectivity index (χ4v) is 3.02. The molecule has 24 heavy (non-hydrogen) atoms. The van der Waals surface area contributed by atoms with Crippen LogP contribution in [-0.2, 0) is 4.74 Å². The van der Waals surface area contributed by atoms with Crippen LogP contribution < -0.4 is 5.32 Å². The Labute approximate surface area is 141 Å². The van der Waals surface area contributed by atoms with Crippen molar-refractivity contribution in [3.8, 4) is 5.82 Å². The lowest BCUT2D eigenvalue weighted by molar-refractivity contribution is -0.00293. The molecule has 1 aliphatic rings. The SMILES string of the molecule is C[C@H]1CCCC[C@@H]1OCCNC(=O)c1ccnc(-n2cncn2)c1. The van der Waals surface area contributed by atoms with Gasteiger partial charge >= 0.3 is 0 Å². The van der Waals surface area contributed by atoms with Gasteiger partial charge in [-0.3, -0.25) is 4.79 Å². The number of ether oxygens (including phenoxy) is 1. The summed E-state index contributed by atoms with van der Waals surface area (Å²) in [7, 11) is 0. The summed E-state index contributed by atoms with van der Waals surface area (Å²) >= 11 is 0. The van der Waals surface area contributed by atoms with Gasteiger partial charge in [0.15, 0.2) is 5.82 Å². The predicted octanol–water partition coefficient (Wildman–Crippen LogP) is 1.99. The van der Waals surface area contributed by atoms with Crippen molar-refractivity contribution in [1.82, 2.24) is 25.1 Å². The van der Waals surface area contributed by atoms with Gasteiger partial charge in [-0.1, -0.05) is 19.8 Å². The van der Waals surface area contributed by atoms with Crippen molar-refractivity contribution in [3.63, 3.8) is 0 Å². The Morgan fingerprint density at radius 3 is 3.08 bits per heavy atom. The summed E-state index contributed by atoms with van der Waals surface area (Å²) in [6, 6.07) is 3.37. The van der Waals surface area contributed by atoms with Crippen molar-refractivity contribution in [1.29, 1.82) is 0 Å². The average molecular weight is 329 g/mol. The van der Waals surface area contributed by atoms with Crippen molar-refractivity contribution in [2.75, 3.05) is 13.2 Å². The summed E-state index contributed by atoms with van der Waals surface area (Å²) in [5, 5.41) is 6.90. The van der Waals surface area contributed by atoms with E-state index in [1.165, 1.54) is 30.3 Å². The number of aromatic nitrogens is 4. The molecule has 128 valence electrons. The summed E-state index contributed by atoms with van der Waals surface area (Å²) in [6.45, 7) is 3.29. The third-order valence-electron chi connectivity index (χ3n) is 4.41. The Morgan fingerprint density at radius 1 is 1.42 bits per heavy atom. The van der Waals surface area contributed by atoms with E-state index in [1.807, 2.05) is 0 Å². The normalized spacial score (nSPS) is 20.7. The molecular formula is C17H23N5O2. The molecule has 2 heterocycles. The third-order valence-corrected chi connectivity index (χ3v) is 4.41. The number of hydrogen-bond acceptors (Lipinski definition) is 5. The van der Waals surface area contributed by atoms with Gasteiger partial charge in [0.2, 0.25) is 0 Å². The second-order valence-electron chi connectivity index (χ2n) is 6.17. The average Bonchev–Trinajstić information content (AvgIpc) is 3.15. The summed E-state index contributed by atoms with van der Waals surface area (Å²) in [5.41, 5.74) is 0.543. The second-order valence-corrected chi connectivity index (χ2v) is 6.17. The zero-order chi connectivity index (χ0) is 16.8. The van der Waals surface area contributed by atoms with Crippen LogP contribution in [0.1, 0.15) is 43.0 Å². The molecule has 2 aromatic heterocycles. The highest BCUT2D eigenvalue weighted by Gasteiger charge is 2.21. The Balaban J connectivity index is 1.48. The van der Waals surface area contributed by atoms with Gasteiger partial charge in [-0.05, 0) is 30.9 Å². The highest BCUT2D eigenvalue weighted by atomic mass is 16.5. The minimum absolute atomic E-state index is 0.140. The third kappa shape index (κ3) is 4.17. The minimum atomic E-state index is -0.140. The molecule has 0 aliphatic heterocycles. The number of carbonyl (C=O) groups excluding carboxylic acids is 1. The number of nitrogens with one attached hydrogen (secondary N) is 1. The van der Waals surface area contributed by atoms with E-state index in [4.69, 9.17) is 4.74 Å². The number of hydrogen-bond donors (Lipinski definition) is 1. The molecule has 0 bridgehead atoms. The van der Waals surface area contributed by atoms with Gasteiger partial charge in [-0.2, -0.15) is 5.10 Å². The molecule has 7 nitrogen and oxygen atoms in total. The fourth-order valence-electron chi connectivity index (χ4n) is 3.02. The summed E-state index contributed by atoms with van der Waals surface area (Å²) in [6.07, 6.45) is 9.79. The maximum absolute atomic E-state index is 12.2. The molecule has 3 rings (SSSR count).